The number of nitrogens with zero attached hydrogens (tertiary/aromatic N) is 4. The molecule has 0 bridgehead atoms. The van der Waals surface area contributed by atoms with E-state index in [-0.39, 0.29) is 5.75 Å². The van der Waals surface area contributed by atoms with Crippen LogP contribution in [0.1, 0.15) is 6.92 Å². The molecule has 0 atom stereocenters. The first-order chi connectivity index (χ1) is 8.44. The summed E-state index contributed by atoms with van der Waals surface area (Å²) in [6, 6.07) is 1.95. The fourth-order valence-electron chi connectivity index (χ4n) is 2.10. The molecule has 18 heavy (non-hydrogen) atoms. The fraction of sp³-hybridized carbons (Fsp3) is 0.700. The molecule has 1 fully saturated rings. The van der Waals surface area contributed by atoms with Crippen molar-refractivity contribution in [3.8, 4) is 0 Å². The molecule has 6 nitrogen and oxygen atoms in total. The molecule has 1 saturated heterocycles. The van der Waals surface area contributed by atoms with Gasteiger partial charge < -0.3 is 4.90 Å². The molecule has 0 aliphatic carbocycles. The number of aryl methyl sites for hydroxylation is 1. The van der Waals surface area contributed by atoms with E-state index in [2.05, 4.69) is 25.9 Å². The third-order valence-electron chi connectivity index (χ3n) is 3.15. The number of aromatic nitrogens is 2. The molecule has 1 aromatic rings. The molecule has 0 radical (unpaired) electrons. The average molecular weight is 337 g/mol. The maximum Gasteiger partial charge on any atom is 0.213 e. The van der Waals surface area contributed by atoms with E-state index < -0.39 is 10.0 Å². The van der Waals surface area contributed by atoms with Crippen LogP contribution in [0.3, 0.4) is 0 Å². The highest BCUT2D eigenvalue weighted by Gasteiger charge is 2.26. The van der Waals surface area contributed by atoms with Gasteiger partial charge in [0.1, 0.15) is 10.4 Å². The molecule has 0 aromatic carbocycles. The minimum atomic E-state index is -3.06. The van der Waals surface area contributed by atoms with Gasteiger partial charge in [0.2, 0.25) is 10.0 Å². The zero-order valence-electron chi connectivity index (χ0n) is 10.5. The molecule has 0 N–H and O–H groups in total. The Morgan fingerprint density at radius 3 is 2.39 bits per heavy atom. The van der Waals surface area contributed by atoms with E-state index in [4.69, 9.17) is 0 Å². The van der Waals surface area contributed by atoms with Crippen molar-refractivity contribution in [1.82, 2.24) is 14.1 Å². The van der Waals surface area contributed by atoms with Crippen molar-refractivity contribution >= 4 is 31.8 Å². The molecular weight excluding hydrogens is 320 g/mol. The first-order valence-electron chi connectivity index (χ1n) is 5.86. The Balaban J connectivity index is 2.05. The lowest BCUT2D eigenvalue weighted by molar-refractivity contribution is 0.383. The molecule has 2 rings (SSSR count). The van der Waals surface area contributed by atoms with Crippen molar-refractivity contribution in [2.24, 2.45) is 7.05 Å². The van der Waals surface area contributed by atoms with Crippen molar-refractivity contribution in [2.45, 2.75) is 6.92 Å². The number of rotatable bonds is 3. The van der Waals surface area contributed by atoms with Gasteiger partial charge in [-0.1, -0.05) is 0 Å². The van der Waals surface area contributed by atoms with Crippen molar-refractivity contribution in [3.63, 3.8) is 0 Å². The van der Waals surface area contributed by atoms with Crippen molar-refractivity contribution < 1.29 is 8.42 Å². The molecule has 1 aliphatic heterocycles. The lowest BCUT2D eigenvalue weighted by atomic mass is 10.3. The summed E-state index contributed by atoms with van der Waals surface area (Å²) in [4.78, 5) is 2.15. The number of halogens is 1. The summed E-state index contributed by atoms with van der Waals surface area (Å²) in [6.45, 7) is 4.16. The first kappa shape index (κ1) is 13.8. The Morgan fingerprint density at radius 1 is 1.33 bits per heavy atom. The number of hydrogen-bond donors (Lipinski definition) is 0. The predicted molar refractivity (Wildman–Crippen MR) is 74.2 cm³/mol. The minimum absolute atomic E-state index is 0.171. The Hall–Kier alpha value is -0.600. The molecule has 1 aromatic heterocycles. The Morgan fingerprint density at radius 2 is 1.94 bits per heavy atom. The van der Waals surface area contributed by atoms with Crippen LogP contribution >= 0.6 is 15.9 Å². The zero-order chi connectivity index (χ0) is 13.3. The van der Waals surface area contributed by atoms with Gasteiger partial charge in [0.05, 0.1) is 5.75 Å². The molecule has 1 aliphatic rings. The predicted octanol–water partition coefficient (Wildman–Crippen LogP) is 0.654. The van der Waals surface area contributed by atoms with Crippen molar-refractivity contribution in [2.75, 3.05) is 36.8 Å². The van der Waals surface area contributed by atoms with Crippen LogP contribution in [-0.4, -0.2) is 54.4 Å². The van der Waals surface area contributed by atoms with E-state index in [0.29, 0.717) is 26.2 Å². The van der Waals surface area contributed by atoms with Crippen LogP contribution in [-0.2, 0) is 17.1 Å². The van der Waals surface area contributed by atoms with E-state index in [1.165, 1.54) is 0 Å². The summed E-state index contributed by atoms with van der Waals surface area (Å²) in [5, 5.41) is 4.23. The lowest BCUT2D eigenvalue weighted by Gasteiger charge is -2.34. The second-order valence-electron chi connectivity index (χ2n) is 4.24. The quantitative estimate of drug-likeness (QED) is 0.813. The lowest BCUT2D eigenvalue weighted by Crippen LogP contribution is -2.49. The third kappa shape index (κ3) is 2.70. The molecular formula is C10H17BrN4O2S. The SMILES string of the molecule is CCS(=O)(=O)N1CCN(c2cc(Br)nn2C)CC1. The van der Waals surface area contributed by atoms with Gasteiger partial charge in [-0.25, -0.2) is 8.42 Å². The number of anilines is 1. The molecule has 8 heteroatoms. The topological polar surface area (TPSA) is 58.4 Å². The largest absolute Gasteiger partial charge is 0.354 e. The maximum atomic E-state index is 11.8. The minimum Gasteiger partial charge on any atom is -0.354 e. The van der Waals surface area contributed by atoms with Gasteiger partial charge >= 0.3 is 0 Å². The second-order valence-corrected chi connectivity index (χ2v) is 7.31. The molecule has 2 heterocycles. The fourth-order valence-corrected chi connectivity index (χ4v) is 3.62. The monoisotopic (exact) mass is 336 g/mol. The van der Waals surface area contributed by atoms with Gasteiger partial charge in [0, 0.05) is 39.3 Å². The van der Waals surface area contributed by atoms with Gasteiger partial charge in [-0.2, -0.15) is 9.40 Å². The third-order valence-corrected chi connectivity index (χ3v) is 5.42. The van der Waals surface area contributed by atoms with Crippen molar-refractivity contribution in [3.05, 3.63) is 10.7 Å². The van der Waals surface area contributed by atoms with E-state index in [0.717, 1.165) is 10.4 Å². The maximum absolute atomic E-state index is 11.8. The average Bonchev–Trinajstić information content (AvgIpc) is 2.69. The highest BCUT2D eigenvalue weighted by Crippen LogP contribution is 2.20. The van der Waals surface area contributed by atoms with Crippen LogP contribution in [0.2, 0.25) is 0 Å². The van der Waals surface area contributed by atoms with Crippen LogP contribution in [0.5, 0.6) is 0 Å². The molecule has 0 saturated carbocycles. The zero-order valence-corrected chi connectivity index (χ0v) is 12.9. The van der Waals surface area contributed by atoms with Crippen molar-refractivity contribution in [1.29, 1.82) is 0 Å². The van der Waals surface area contributed by atoms with Crippen LogP contribution in [0.4, 0.5) is 5.82 Å². The van der Waals surface area contributed by atoms with Gasteiger partial charge in [-0.3, -0.25) is 4.68 Å². The summed E-state index contributed by atoms with van der Waals surface area (Å²) in [6.07, 6.45) is 0. The summed E-state index contributed by atoms with van der Waals surface area (Å²) in [5.74, 6) is 1.18. The number of sulfonamides is 1. The Labute approximate surface area is 116 Å². The van der Waals surface area contributed by atoms with Crippen LogP contribution in [0.15, 0.2) is 10.7 Å². The van der Waals surface area contributed by atoms with E-state index >= 15 is 0 Å². The molecule has 0 unspecified atom stereocenters. The highest BCUT2D eigenvalue weighted by molar-refractivity contribution is 9.10. The van der Waals surface area contributed by atoms with E-state index in [9.17, 15) is 8.42 Å². The van der Waals surface area contributed by atoms with E-state index in [1.807, 2.05) is 13.1 Å². The van der Waals surface area contributed by atoms with Gasteiger partial charge in [0.25, 0.3) is 0 Å². The van der Waals surface area contributed by atoms with E-state index in [1.54, 1.807) is 15.9 Å². The summed E-state index contributed by atoms with van der Waals surface area (Å²) in [7, 11) is -1.17. The van der Waals surface area contributed by atoms with Crippen LogP contribution in [0, 0.1) is 0 Å². The highest BCUT2D eigenvalue weighted by atomic mass is 79.9. The Kier molecular flexibility index (Phi) is 3.98. The number of piperazine rings is 1. The van der Waals surface area contributed by atoms with Gasteiger partial charge in [-0.15, -0.1) is 0 Å². The Bertz CT molecular complexity index is 520. The summed E-state index contributed by atoms with van der Waals surface area (Å²) in [5.41, 5.74) is 0. The smallest absolute Gasteiger partial charge is 0.213 e. The van der Waals surface area contributed by atoms with Gasteiger partial charge in [0.15, 0.2) is 0 Å². The molecule has 102 valence electrons. The number of hydrogen-bond acceptors (Lipinski definition) is 4. The van der Waals surface area contributed by atoms with Crippen LogP contribution in [0.25, 0.3) is 0 Å². The second kappa shape index (κ2) is 5.18. The normalized spacial score (nSPS) is 18.3. The molecule has 0 amide bonds. The van der Waals surface area contributed by atoms with Crippen LogP contribution < -0.4 is 4.90 Å². The summed E-state index contributed by atoms with van der Waals surface area (Å²) >= 11 is 3.34. The standard InChI is InChI=1S/C10H17BrN4O2S/c1-3-18(16,17)15-6-4-14(5-7-15)10-8-9(11)12-13(10)2/h8H,3-7H2,1-2H3. The first-order valence-corrected chi connectivity index (χ1v) is 8.26. The van der Waals surface area contributed by atoms with Gasteiger partial charge in [-0.05, 0) is 22.9 Å². The summed E-state index contributed by atoms with van der Waals surface area (Å²) < 4.78 is 27.7. The molecule has 0 spiro atoms.